The van der Waals surface area contributed by atoms with Crippen molar-refractivity contribution in [2.75, 3.05) is 37.6 Å². The van der Waals surface area contributed by atoms with E-state index >= 15 is 0 Å². The second-order valence-corrected chi connectivity index (χ2v) is 9.98. The van der Waals surface area contributed by atoms with Crippen molar-refractivity contribution in [2.24, 2.45) is 23.7 Å². The summed E-state index contributed by atoms with van der Waals surface area (Å²) >= 11 is 0. The molecule has 1 aliphatic heterocycles. The molecule has 0 aromatic carbocycles. The topological polar surface area (TPSA) is 78.8 Å². The minimum Gasteiger partial charge on any atom is -0.458 e. The van der Waals surface area contributed by atoms with Crippen LogP contribution in [0.1, 0.15) is 40.5 Å². The second kappa shape index (κ2) is 9.48. The Kier molecular flexibility index (Phi) is 6.86. The number of aromatic nitrogens is 2. The summed E-state index contributed by atoms with van der Waals surface area (Å²) in [5, 5.41) is 11.7. The maximum atomic E-state index is 11.7. The van der Waals surface area contributed by atoms with E-state index in [-0.39, 0.29) is 17.8 Å². The third-order valence-electron chi connectivity index (χ3n) is 7.80. The van der Waals surface area contributed by atoms with Crippen LogP contribution >= 0.6 is 0 Å². The van der Waals surface area contributed by atoms with E-state index in [9.17, 15) is 9.90 Å². The van der Waals surface area contributed by atoms with Crippen LogP contribution in [-0.2, 0) is 9.53 Å². The molecule has 7 heteroatoms. The van der Waals surface area contributed by atoms with Gasteiger partial charge in [0.2, 0.25) is 5.95 Å². The predicted octanol–water partition coefficient (Wildman–Crippen LogP) is 2.72. The van der Waals surface area contributed by atoms with Gasteiger partial charge < -0.3 is 14.7 Å². The highest BCUT2D eigenvalue weighted by Crippen LogP contribution is 2.50. The lowest BCUT2D eigenvalue weighted by molar-refractivity contribution is -0.148. The lowest BCUT2D eigenvalue weighted by atomic mass is 9.57. The number of anilines is 1. The van der Waals surface area contributed by atoms with Crippen LogP contribution in [0.4, 0.5) is 5.95 Å². The Morgan fingerprint density at radius 3 is 2.59 bits per heavy atom. The number of rotatable bonds is 5. The van der Waals surface area contributed by atoms with Gasteiger partial charge in [0, 0.05) is 64.4 Å². The largest absolute Gasteiger partial charge is 0.458 e. The SMILES string of the molecule is CC(=O)O[C@@H]1[CH][C@@]2(O)[C@H](C)CC[C@@H](C(C)CN3CCN(c4ncccn4)CC3)[C@H]2C=C1C. The van der Waals surface area contributed by atoms with Crippen molar-refractivity contribution in [1.29, 1.82) is 0 Å². The van der Waals surface area contributed by atoms with Gasteiger partial charge in [-0.3, -0.25) is 9.69 Å². The highest BCUT2D eigenvalue weighted by molar-refractivity contribution is 5.66. The number of esters is 1. The third kappa shape index (κ3) is 4.69. The molecule has 7 nitrogen and oxygen atoms in total. The van der Waals surface area contributed by atoms with Crippen molar-refractivity contribution in [3.63, 3.8) is 0 Å². The fourth-order valence-corrected chi connectivity index (χ4v) is 5.88. The molecule has 1 N–H and O–H groups in total. The summed E-state index contributed by atoms with van der Waals surface area (Å²) in [4.78, 5) is 25.1. The van der Waals surface area contributed by atoms with Crippen LogP contribution in [0.25, 0.3) is 0 Å². The van der Waals surface area contributed by atoms with Crippen LogP contribution in [0.15, 0.2) is 30.1 Å². The summed E-state index contributed by atoms with van der Waals surface area (Å²) in [6, 6.07) is 1.85. The normalized spacial score (nSPS) is 34.4. The van der Waals surface area contributed by atoms with Crippen LogP contribution < -0.4 is 4.90 Å². The van der Waals surface area contributed by atoms with E-state index in [4.69, 9.17) is 4.74 Å². The zero-order valence-electron chi connectivity index (χ0n) is 19.8. The summed E-state index contributed by atoms with van der Waals surface area (Å²) in [7, 11) is 0. The van der Waals surface area contributed by atoms with E-state index in [0.29, 0.717) is 11.8 Å². The second-order valence-electron chi connectivity index (χ2n) is 9.98. The van der Waals surface area contributed by atoms with Crippen LogP contribution in [0.2, 0.25) is 0 Å². The zero-order valence-corrected chi connectivity index (χ0v) is 19.8. The molecular formula is C25H37N4O3. The quantitative estimate of drug-likeness (QED) is 0.556. The molecule has 2 heterocycles. The average Bonchev–Trinajstić information content (AvgIpc) is 2.77. The van der Waals surface area contributed by atoms with Gasteiger partial charge in [0.25, 0.3) is 0 Å². The minimum atomic E-state index is -0.930. The smallest absolute Gasteiger partial charge is 0.303 e. The minimum absolute atomic E-state index is 0.0621. The molecule has 1 unspecified atom stereocenters. The molecule has 0 amide bonds. The van der Waals surface area contributed by atoms with Gasteiger partial charge >= 0.3 is 5.97 Å². The van der Waals surface area contributed by atoms with Gasteiger partial charge in [-0.05, 0) is 49.2 Å². The zero-order chi connectivity index (χ0) is 22.9. The molecular weight excluding hydrogens is 404 g/mol. The standard InChI is InChI=1S/C25H37N4O3/c1-17-14-22-21(7-6-19(3)25(22,31)15-23(17)32-20(4)30)18(2)16-28-10-12-29(13-11-28)24-26-8-5-9-27-24/h5,8-9,14-15,18-19,21-23,31H,6-7,10-13,16H2,1-4H3/t18?,19-,21+,22-,23-,25-/m1/s1. The van der Waals surface area contributed by atoms with Gasteiger partial charge in [-0.25, -0.2) is 9.97 Å². The Balaban J connectivity index is 1.41. The van der Waals surface area contributed by atoms with Gasteiger partial charge in [0.15, 0.2) is 0 Å². The predicted molar refractivity (Wildman–Crippen MR) is 124 cm³/mol. The van der Waals surface area contributed by atoms with Gasteiger partial charge in [0.05, 0.1) is 5.60 Å². The van der Waals surface area contributed by atoms with E-state index < -0.39 is 11.7 Å². The van der Waals surface area contributed by atoms with Crippen molar-refractivity contribution in [3.8, 4) is 0 Å². The molecule has 6 atom stereocenters. The van der Waals surface area contributed by atoms with E-state index in [2.05, 4.69) is 39.7 Å². The number of hydrogen-bond donors (Lipinski definition) is 1. The number of fused-ring (bicyclic) bond motifs is 1. The third-order valence-corrected chi connectivity index (χ3v) is 7.80. The first-order valence-corrected chi connectivity index (χ1v) is 12.0. The van der Waals surface area contributed by atoms with Crippen LogP contribution in [-0.4, -0.2) is 70.4 Å². The van der Waals surface area contributed by atoms with Crippen LogP contribution in [0.3, 0.4) is 0 Å². The van der Waals surface area contributed by atoms with E-state index in [1.807, 2.05) is 19.4 Å². The van der Waals surface area contributed by atoms with Crippen molar-refractivity contribution >= 4 is 11.9 Å². The summed E-state index contributed by atoms with van der Waals surface area (Å²) in [5.41, 5.74) is 0.0952. The fraction of sp³-hybridized carbons (Fsp3) is 0.680. The number of carbonyl (C=O) groups excluding carboxylic acids is 1. The average molecular weight is 442 g/mol. The van der Waals surface area contributed by atoms with Crippen molar-refractivity contribution in [3.05, 3.63) is 36.5 Å². The highest BCUT2D eigenvalue weighted by atomic mass is 16.5. The maximum Gasteiger partial charge on any atom is 0.303 e. The van der Waals surface area contributed by atoms with Gasteiger partial charge in [-0.1, -0.05) is 19.9 Å². The van der Waals surface area contributed by atoms with Crippen molar-refractivity contribution in [2.45, 2.75) is 52.2 Å². The van der Waals surface area contributed by atoms with Gasteiger partial charge in [-0.15, -0.1) is 0 Å². The van der Waals surface area contributed by atoms with E-state index in [0.717, 1.165) is 57.1 Å². The molecule has 4 rings (SSSR count). The van der Waals surface area contributed by atoms with Crippen molar-refractivity contribution in [1.82, 2.24) is 14.9 Å². The van der Waals surface area contributed by atoms with Crippen LogP contribution in [0.5, 0.6) is 0 Å². The monoisotopic (exact) mass is 441 g/mol. The first-order chi connectivity index (χ1) is 15.3. The highest BCUT2D eigenvalue weighted by Gasteiger charge is 2.53. The molecule has 2 fully saturated rings. The summed E-state index contributed by atoms with van der Waals surface area (Å²) in [6.45, 7) is 12.8. The Labute approximate surface area is 191 Å². The summed E-state index contributed by atoms with van der Waals surface area (Å²) in [6.07, 6.45) is 9.35. The summed E-state index contributed by atoms with van der Waals surface area (Å²) in [5.74, 6) is 1.57. The lowest BCUT2D eigenvalue weighted by Crippen LogP contribution is -2.57. The molecule has 175 valence electrons. The molecule has 1 aromatic rings. The Bertz CT molecular complexity index is 824. The Morgan fingerprint density at radius 1 is 1.25 bits per heavy atom. The number of piperazine rings is 1. The summed E-state index contributed by atoms with van der Waals surface area (Å²) < 4.78 is 5.48. The first-order valence-electron chi connectivity index (χ1n) is 12.0. The molecule has 1 saturated heterocycles. The molecule has 0 bridgehead atoms. The molecule has 2 aliphatic carbocycles. The molecule has 32 heavy (non-hydrogen) atoms. The van der Waals surface area contributed by atoms with E-state index in [1.54, 1.807) is 12.4 Å². The number of hydrogen-bond acceptors (Lipinski definition) is 7. The molecule has 1 aromatic heterocycles. The number of ether oxygens (including phenoxy) is 1. The first kappa shape index (κ1) is 23.2. The number of nitrogens with zero attached hydrogens (tertiary/aromatic N) is 4. The molecule has 0 spiro atoms. The van der Waals surface area contributed by atoms with E-state index in [1.165, 1.54) is 6.92 Å². The molecule has 1 saturated carbocycles. The van der Waals surface area contributed by atoms with Crippen LogP contribution in [0, 0.1) is 30.1 Å². The molecule has 3 aliphatic rings. The Hall–Kier alpha value is -1.99. The number of carbonyl (C=O) groups is 1. The number of aliphatic hydroxyl groups is 1. The van der Waals surface area contributed by atoms with Crippen molar-refractivity contribution < 1.29 is 14.6 Å². The lowest BCUT2D eigenvalue weighted by Gasteiger charge is -2.53. The van der Waals surface area contributed by atoms with Gasteiger partial charge in [0.1, 0.15) is 6.10 Å². The Morgan fingerprint density at radius 2 is 1.94 bits per heavy atom. The fourth-order valence-electron chi connectivity index (χ4n) is 5.88. The molecule has 1 radical (unpaired) electrons. The van der Waals surface area contributed by atoms with Gasteiger partial charge in [-0.2, -0.15) is 0 Å². The maximum absolute atomic E-state index is 11.7.